The van der Waals surface area contributed by atoms with Crippen LogP contribution in [0.1, 0.15) is 36.1 Å². The van der Waals surface area contributed by atoms with Crippen LogP contribution in [-0.4, -0.2) is 42.2 Å². The summed E-state index contributed by atoms with van der Waals surface area (Å²) in [7, 11) is 3.41. The zero-order valence-electron chi connectivity index (χ0n) is 18.3. The number of ether oxygens (including phenoxy) is 2. The van der Waals surface area contributed by atoms with Crippen molar-refractivity contribution in [2.75, 3.05) is 27.3 Å². The van der Waals surface area contributed by atoms with E-state index >= 15 is 0 Å². The van der Waals surface area contributed by atoms with E-state index in [0.717, 1.165) is 55.4 Å². The normalized spacial score (nSPS) is 20.6. The molecule has 2 aromatic carbocycles. The number of benzene rings is 2. The molecule has 0 radical (unpaired) electrons. The van der Waals surface area contributed by atoms with E-state index in [4.69, 9.17) is 14.5 Å². The molecule has 1 atom stereocenters. The van der Waals surface area contributed by atoms with Gasteiger partial charge in [0.1, 0.15) is 0 Å². The smallest absolute Gasteiger partial charge is 0.165 e. The van der Waals surface area contributed by atoms with E-state index in [1.165, 1.54) is 29.7 Å². The minimum absolute atomic E-state index is 0.117. The van der Waals surface area contributed by atoms with Crippen LogP contribution in [0.5, 0.6) is 11.5 Å². The average molecular weight is 416 g/mol. The summed E-state index contributed by atoms with van der Waals surface area (Å²) in [5.41, 5.74) is 4.96. The van der Waals surface area contributed by atoms with E-state index < -0.39 is 0 Å². The molecule has 0 saturated carbocycles. The van der Waals surface area contributed by atoms with Crippen LogP contribution in [0.3, 0.4) is 0 Å². The van der Waals surface area contributed by atoms with Crippen LogP contribution in [0.2, 0.25) is 0 Å². The summed E-state index contributed by atoms with van der Waals surface area (Å²) >= 11 is 0. The van der Waals surface area contributed by atoms with Crippen molar-refractivity contribution in [3.05, 3.63) is 71.5 Å². The van der Waals surface area contributed by atoms with Gasteiger partial charge in [0.2, 0.25) is 0 Å². The number of piperidine rings is 1. The molecule has 1 aromatic heterocycles. The highest BCUT2D eigenvalue weighted by Gasteiger charge is 2.43. The lowest BCUT2D eigenvalue weighted by Gasteiger charge is -2.40. The Kier molecular flexibility index (Phi) is 5.36. The van der Waals surface area contributed by atoms with Crippen molar-refractivity contribution in [2.45, 2.75) is 37.6 Å². The van der Waals surface area contributed by atoms with Crippen LogP contribution in [0.15, 0.2) is 54.7 Å². The van der Waals surface area contributed by atoms with Crippen LogP contribution in [0.4, 0.5) is 0 Å². The summed E-state index contributed by atoms with van der Waals surface area (Å²) in [4.78, 5) is 12.3. The zero-order chi connectivity index (χ0) is 21.3. The maximum absolute atomic E-state index is 5.67. The molecule has 2 heterocycles. The van der Waals surface area contributed by atoms with Gasteiger partial charge < -0.3 is 9.47 Å². The van der Waals surface area contributed by atoms with Crippen molar-refractivity contribution in [1.29, 1.82) is 0 Å². The van der Waals surface area contributed by atoms with Crippen LogP contribution in [0, 0.1) is 0 Å². The summed E-state index contributed by atoms with van der Waals surface area (Å²) in [6.07, 6.45) is 6.65. The standard InChI is InChI=1S/C26H29N3O2/c1-30-22-11-6-10-21(23(22)31-2)17-29-15-7-13-26(18-29)14-12-20-16-27-25(28-24(20)26)19-8-4-3-5-9-19/h3-6,8-11,16H,7,12-15,17-18H2,1-2H3. The summed E-state index contributed by atoms with van der Waals surface area (Å²) in [5.74, 6) is 2.47. The number of hydrogen-bond donors (Lipinski definition) is 0. The van der Waals surface area contributed by atoms with E-state index in [0.29, 0.717) is 0 Å². The van der Waals surface area contributed by atoms with Gasteiger partial charge in [0.25, 0.3) is 0 Å². The van der Waals surface area contributed by atoms with Crippen LogP contribution in [0.25, 0.3) is 11.4 Å². The summed E-state index contributed by atoms with van der Waals surface area (Å²) in [5, 5.41) is 0. The molecule has 5 nitrogen and oxygen atoms in total. The van der Waals surface area contributed by atoms with E-state index in [2.05, 4.69) is 34.3 Å². The number of fused-ring (bicyclic) bond motifs is 2. The topological polar surface area (TPSA) is 47.5 Å². The number of hydrogen-bond acceptors (Lipinski definition) is 5. The molecule has 0 amide bonds. The van der Waals surface area contributed by atoms with Crippen molar-refractivity contribution in [3.63, 3.8) is 0 Å². The first-order valence-corrected chi connectivity index (χ1v) is 11.1. The number of aryl methyl sites for hydroxylation is 1. The first-order valence-electron chi connectivity index (χ1n) is 11.1. The Bertz CT molecular complexity index is 1070. The Balaban J connectivity index is 1.43. The van der Waals surface area contributed by atoms with Gasteiger partial charge >= 0.3 is 0 Å². The summed E-state index contributed by atoms with van der Waals surface area (Å²) in [6, 6.07) is 16.4. The molecule has 5 heteroatoms. The lowest BCUT2D eigenvalue weighted by molar-refractivity contribution is 0.135. The SMILES string of the molecule is COc1cccc(CN2CCCC3(CCc4cnc(-c5ccccc5)nc43)C2)c1OC. The van der Waals surface area contributed by atoms with Gasteiger partial charge in [-0.1, -0.05) is 42.5 Å². The second kappa shape index (κ2) is 8.31. The molecule has 31 heavy (non-hydrogen) atoms. The van der Waals surface area contributed by atoms with Crippen molar-refractivity contribution < 1.29 is 9.47 Å². The van der Waals surface area contributed by atoms with Crippen LogP contribution in [-0.2, 0) is 18.4 Å². The van der Waals surface area contributed by atoms with Gasteiger partial charge in [0.05, 0.1) is 19.9 Å². The third-order valence-corrected chi connectivity index (χ3v) is 6.81. The van der Waals surface area contributed by atoms with Crippen molar-refractivity contribution in [3.8, 4) is 22.9 Å². The Labute approximate surface area is 184 Å². The molecule has 1 aliphatic carbocycles. The van der Waals surface area contributed by atoms with Gasteiger partial charge in [-0.05, 0) is 43.9 Å². The number of para-hydroxylation sites is 1. The van der Waals surface area contributed by atoms with E-state index in [-0.39, 0.29) is 5.41 Å². The number of aromatic nitrogens is 2. The lowest BCUT2D eigenvalue weighted by atomic mass is 9.77. The monoisotopic (exact) mass is 415 g/mol. The molecule has 5 rings (SSSR count). The molecule has 3 aromatic rings. The van der Waals surface area contributed by atoms with E-state index in [9.17, 15) is 0 Å². The quantitative estimate of drug-likeness (QED) is 0.608. The number of rotatable bonds is 5. The largest absolute Gasteiger partial charge is 0.493 e. The van der Waals surface area contributed by atoms with Gasteiger partial charge in [0.15, 0.2) is 17.3 Å². The molecular formula is C26H29N3O2. The Morgan fingerprint density at radius 3 is 2.68 bits per heavy atom. The fourth-order valence-corrected chi connectivity index (χ4v) is 5.35. The molecule has 160 valence electrons. The van der Waals surface area contributed by atoms with Gasteiger partial charge in [0, 0.05) is 35.8 Å². The third-order valence-electron chi connectivity index (χ3n) is 6.81. The Hall–Kier alpha value is -2.92. The highest BCUT2D eigenvalue weighted by Crippen LogP contribution is 2.45. The average Bonchev–Trinajstić information content (AvgIpc) is 3.16. The first kappa shape index (κ1) is 20.0. The molecule has 2 aliphatic rings. The minimum Gasteiger partial charge on any atom is -0.493 e. The van der Waals surface area contributed by atoms with Crippen LogP contribution >= 0.6 is 0 Å². The minimum atomic E-state index is 0.117. The number of nitrogens with zero attached hydrogens (tertiary/aromatic N) is 3. The van der Waals surface area contributed by atoms with E-state index in [1.807, 2.05) is 30.3 Å². The predicted octanol–water partition coefficient (Wildman–Crippen LogP) is 4.64. The number of methoxy groups -OCH3 is 2. The van der Waals surface area contributed by atoms with E-state index in [1.54, 1.807) is 14.2 Å². The molecule has 1 fully saturated rings. The predicted molar refractivity (Wildman–Crippen MR) is 122 cm³/mol. The first-order chi connectivity index (χ1) is 15.2. The highest BCUT2D eigenvalue weighted by atomic mass is 16.5. The fourth-order valence-electron chi connectivity index (χ4n) is 5.35. The van der Waals surface area contributed by atoms with Gasteiger partial charge in [-0.2, -0.15) is 0 Å². The molecule has 0 N–H and O–H groups in total. The Morgan fingerprint density at radius 2 is 1.87 bits per heavy atom. The molecular weight excluding hydrogens is 386 g/mol. The third kappa shape index (κ3) is 3.68. The molecule has 0 bridgehead atoms. The van der Waals surface area contributed by atoms with Crippen molar-refractivity contribution in [1.82, 2.24) is 14.9 Å². The van der Waals surface area contributed by atoms with Crippen LogP contribution < -0.4 is 9.47 Å². The molecule has 1 aliphatic heterocycles. The molecule has 1 spiro atoms. The maximum Gasteiger partial charge on any atom is 0.165 e. The van der Waals surface area contributed by atoms with Crippen molar-refractivity contribution >= 4 is 0 Å². The van der Waals surface area contributed by atoms with Crippen molar-refractivity contribution in [2.24, 2.45) is 0 Å². The summed E-state index contributed by atoms with van der Waals surface area (Å²) < 4.78 is 11.2. The second-order valence-corrected chi connectivity index (χ2v) is 8.68. The molecule has 1 unspecified atom stereocenters. The van der Waals surface area contributed by atoms with Gasteiger partial charge in [-0.25, -0.2) is 9.97 Å². The number of likely N-dealkylation sites (tertiary alicyclic amines) is 1. The Morgan fingerprint density at radius 1 is 1.00 bits per heavy atom. The second-order valence-electron chi connectivity index (χ2n) is 8.68. The molecule has 1 saturated heterocycles. The van der Waals surface area contributed by atoms with Gasteiger partial charge in [-0.15, -0.1) is 0 Å². The maximum atomic E-state index is 5.67. The summed E-state index contributed by atoms with van der Waals surface area (Å²) in [6.45, 7) is 2.97. The lowest BCUT2D eigenvalue weighted by Crippen LogP contribution is -2.45. The zero-order valence-corrected chi connectivity index (χ0v) is 18.3. The fraction of sp³-hybridized carbons (Fsp3) is 0.385. The highest BCUT2D eigenvalue weighted by molar-refractivity contribution is 5.55. The van der Waals surface area contributed by atoms with Gasteiger partial charge in [-0.3, -0.25) is 4.90 Å².